The fraction of sp³-hybridized carbons (Fsp3) is 0.350. The van der Waals surface area contributed by atoms with Gasteiger partial charge in [-0.15, -0.1) is 0 Å². The highest BCUT2D eigenvalue weighted by Crippen LogP contribution is 2.28. The van der Waals surface area contributed by atoms with Gasteiger partial charge in [-0.3, -0.25) is 0 Å². The Labute approximate surface area is 163 Å². The van der Waals surface area contributed by atoms with E-state index in [0.29, 0.717) is 16.6 Å². The van der Waals surface area contributed by atoms with Crippen LogP contribution in [0, 0.1) is 0 Å². The van der Waals surface area contributed by atoms with Crippen LogP contribution in [-0.2, 0) is 6.54 Å². The fourth-order valence-corrected chi connectivity index (χ4v) is 4.14. The third kappa shape index (κ3) is 3.54. The molecular weight excluding hydrogens is 367 g/mol. The lowest BCUT2D eigenvalue weighted by Gasteiger charge is -2.30. The van der Waals surface area contributed by atoms with Crippen LogP contribution in [0.15, 0.2) is 42.5 Å². The number of hydrogen-bond acceptors (Lipinski definition) is 3. The summed E-state index contributed by atoms with van der Waals surface area (Å²) in [5.74, 6) is 0.847. The zero-order valence-corrected chi connectivity index (χ0v) is 16.0. The molecule has 1 aromatic heterocycles. The molecule has 0 amide bonds. The number of imidazole rings is 1. The Morgan fingerprint density at radius 2 is 1.92 bits per heavy atom. The second kappa shape index (κ2) is 7.47. The molecular formula is C20H22Cl2N4. The molecule has 3 aromatic rings. The quantitative estimate of drug-likeness (QED) is 0.655. The van der Waals surface area contributed by atoms with Crippen LogP contribution in [0.3, 0.4) is 0 Å². The number of para-hydroxylation sites is 2. The first-order valence-corrected chi connectivity index (χ1v) is 9.79. The molecule has 0 aliphatic heterocycles. The van der Waals surface area contributed by atoms with Crippen LogP contribution in [0.2, 0.25) is 10.0 Å². The van der Waals surface area contributed by atoms with Gasteiger partial charge in [0.25, 0.3) is 0 Å². The first-order valence-electron chi connectivity index (χ1n) is 9.03. The summed E-state index contributed by atoms with van der Waals surface area (Å²) in [7, 11) is 0. The van der Waals surface area contributed by atoms with Gasteiger partial charge >= 0.3 is 0 Å². The summed E-state index contributed by atoms with van der Waals surface area (Å²) in [6.07, 6.45) is 4.54. The summed E-state index contributed by atoms with van der Waals surface area (Å²) in [6, 6.07) is 14.2. The molecule has 0 radical (unpaired) electrons. The van der Waals surface area contributed by atoms with Crippen LogP contribution in [0.5, 0.6) is 0 Å². The van der Waals surface area contributed by atoms with Crippen LogP contribution in [0.1, 0.15) is 31.2 Å². The van der Waals surface area contributed by atoms with Crippen molar-refractivity contribution in [2.45, 2.75) is 44.3 Å². The number of nitrogens with two attached hydrogens (primary N) is 1. The SMILES string of the molecule is N[C@H]1CCCC[C@H]1Nc1nc2ccccc2n1Cc1ccc(Cl)cc1Cl. The average Bonchev–Trinajstić information content (AvgIpc) is 2.97. The van der Waals surface area contributed by atoms with Crippen molar-refractivity contribution in [3.63, 3.8) is 0 Å². The highest BCUT2D eigenvalue weighted by atomic mass is 35.5. The van der Waals surface area contributed by atoms with Crippen molar-refractivity contribution in [1.29, 1.82) is 0 Å². The maximum Gasteiger partial charge on any atom is 0.204 e. The minimum atomic E-state index is 0.163. The van der Waals surface area contributed by atoms with Crippen LogP contribution in [0.25, 0.3) is 11.0 Å². The lowest BCUT2D eigenvalue weighted by molar-refractivity contribution is 0.401. The monoisotopic (exact) mass is 388 g/mol. The van der Waals surface area contributed by atoms with Crippen molar-refractivity contribution in [3.05, 3.63) is 58.1 Å². The third-order valence-electron chi connectivity index (χ3n) is 5.13. The zero-order chi connectivity index (χ0) is 18.1. The number of aromatic nitrogens is 2. The molecule has 4 rings (SSSR count). The van der Waals surface area contributed by atoms with Gasteiger partial charge in [0.1, 0.15) is 0 Å². The topological polar surface area (TPSA) is 55.9 Å². The molecule has 4 nitrogen and oxygen atoms in total. The van der Waals surface area contributed by atoms with Gasteiger partial charge in [-0.1, -0.05) is 54.2 Å². The van der Waals surface area contributed by atoms with Gasteiger partial charge in [-0.2, -0.15) is 0 Å². The Morgan fingerprint density at radius 3 is 2.73 bits per heavy atom. The number of nitrogens with one attached hydrogen (secondary N) is 1. The summed E-state index contributed by atoms with van der Waals surface area (Å²) in [5, 5.41) is 4.90. The molecule has 1 heterocycles. The van der Waals surface area contributed by atoms with Gasteiger partial charge in [0.15, 0.2) is 0 Å². The van der Waals surface area contributed by atoms with Crippen molar-refractivity contribution in [3.8, 4) is 0 Å². The summed E-state index contributed by atoms with van der Waals surface area (Å²) in [6.45, 7) is 0.626. The smallest absolute Gasteiger partial charge is 0.204 e. The number of anilines is 1. The number of nitrogens with zero attached hydrogens (tertiary/aromatic N) is 2. The molecule has 136 valence electrons. The summed E-state index contributed by atoms with van der Waals surface area (Å²) >= 11 is 12.4. The first-order chi connectivity index (χ1) is 12.6. The molecule has 0 bridgehead atoms. The number of hydrogen-bond donors (Lipinski definition) is 2. The largest absolute Gasteiger partial charge is 0.351 e. The van der Waals surface area contributed by atoms with E-state index >= 15 is 0 Å². The van der Waals surface area contributed by atoms with E-state index in [4.69, 9.17) is 33.9 Å². The predicted molar refractivity (Wildman–Crippen MR) is 109 cm³/mol. The fourth-order valence-electron chi connectivity index (χ4n) is 3.67. The van der Waals surface area contributed by atoms with E-state index in [1.807, 2.05) is 30.3 Å². The van der Waals surface area contributed by atoms with Crippen molar-refractivity contribution >= 4 is 40.2 Å². The Bertz CT molecular complexity index is 921. The molecule has 0 unspecified atom stereocenters. The molecule has 0 spiro atoms. The van der Waals surface area contributed by atoms with Gasteiger partial charge in [0.2, 0.25) is 5.95 Å². The number of rotatable bonds is 4. The molecule has 1 fully saturated rings. The number of fused-ring (bicyclic) bond motifs is 1. The second-order valence-electron chi connectivity index (χ2n) is 6.95. The van der Waals surface area contributed by atoms with E-state index in [9.17, 15) is 0 Å². The molecule has 2 aromatic carbocycles. The molecule has 6 heteroatoms. The van der Waals surface area contributed by atoms with Gasteiger partial charge in [-0.05, 0) is 42.7 Å². The van der Waals surface area contributed by atoms with Crippen molar-refractivity contribution in [2.75, 3.05) is 5.32 Å². The lowest BCUT2D eigenvalue weighted by atomic mass is 9.91. The standard InChI is InChI=1S/C20H22Cl2N4/c21-14-10-9-13(15(22)11-14)12-26-19-8-4-3-7-18(19)25-20(26)24-17-6-2-1-5-16(17)23/h3-4,7-11,16-17H,1-2,5-6,12,23H2,(H,24,25)/t16-,17+/m0/s1. The first kappa shape index (κ1) is 17.7. The molecule has 1 aliphatic rings. The van der Waals surface area contributed by atoms with E-state index in [2.05, 4.69) is 16.0 Å². The second-order valence-corrected chi connectivity index (χ2v) is 7.79. The van der Waals surface area contributed by atoms with Gasteiger partial charge in [0, 0.05) is 22.1 Å². The Hall–Kier alpha value is -1.75. The number of benzene rings is 2. The van der Waals surface area contributed by atoms with Gasteiger partial charge in [-0.25, -0.2) is 4.98 Å². The number of halogens is 2. The summed E-state index contributed by atoms with van der Waals surface area (Å²) in [5.41, 5.74) is 9.38. The molecule has 1 saturated carbocycles. The van der Waals surface area contributed by atoms with Crippen molar-refractivity contribution < 1.29 is 0 Å². The normalized spacial score (nSPS) is 20.4. The van der Waals surface area contributed by atoms with Crippen LogP contribution in [0.4, 0.5) is 5.95 Å². The Morgan fingerprint density at radius 1 is 1.12 bits per heavy atom. The third-order valence-corrected chi connectivity index (χ3v) is 5.72. The maximum absolute atomic E-state index is 6.41. The predicted octanol–water partition coefficient (Wildman–Crippen LogP) is 5.07. The van der Waals surface area contributed by atoms with E-state index in [1.165, 1.54) is 12.8 Å². The van der Waals surface area contributed by atoms with Crippen LogP contribution in [-0.4, -0.2) is 21.6 Å². The molecule has 1 aliphatic carbocycles. The summed E-state index contributed by atoms with van der Waals surface area (Å²) < 4.78 is 2.17. The molecule has 2 atom stereocenters. The Kier molecular flexibility index (Phi) is 5.07. The minimum Gasteiger partial charge on any atom is -0.351 e. The van der Waals surface area contributed by atoms with E-state index in [-0.39, 0.29) is 12.1 Å². The maximum atomic E-state index is 6.41. The Balaban J connectivity index is 1.71. The van der Waals surface area contributed by atoms with E-state index in [0.717, 1.165) is 35.4 Å². The van der Waals surface area contributed by atoms with Crippen molar-refractivity contribution in [1.82, 2.24) is 9.55 Å². The average molecular weight is 389 g/mol. The molecule has 26 heavy (non-hydrogen) atoms. The van der Waals surface area contributed by atoms with Gasteiger partial charge in [0.05, 0.1) is 17.6 Å². The molecule has 0 saturated heterocycles. The van der Waals surface area contributed by atoms with Crippen LogP contribution < -0.4 is 11.1 Å². The van der Waals surface area contributed by atoms with Gasteiger partial charge < -0.3 is 15.6 Å². The lowest BCUT2D eigenvalue weighted by Crippen LogP contribution is -2.43. The highest BCUT2D eigenvalue weighted by Gasteiger charge is 2.24. The highest BCUT2D eigenvalue weighted by molar-refractivity contribution is 6.35. The summed E-state index contributed by atoms with van der Waals surface area (Å²) in [4.78, 5) is 4.81. The minimum absolute atomic E-state index is 0.163. The molecule has 3 N–H and O–H groups in total. The van der Waals surface area contributed by atoms with E-state index in [1.54, 1.807) is 6.07 Å². The zero-order valence-electron chi connectivity index (χ0n) is 14.5. The van der Waals surface area contributed by atoms with Crippen LogP contribution >= 0.6 is 23.2 Å². The van der Waals surface area contributed by atoms with E-state index < -0.39 is 0 Å². The van der Waals surface area contributed by atoms with Crippen molar-refractivity contribution in [2.24, 2.45) is 5.73 Å².